The molecule has 1 amide bonds. The van der Waals surface area contributed by atoms with Gasteiger partial charge >= 0.3 is 0 Å². The average Bonchev–Trinajstić information content (AvgIpc) is 3.12. The lowest BCUT2D eigenvalue weighted by atomic mass is 9.89. The van der Waals surface area contributed by atoms with Crippen LogP contribution in [0.4, 0.5) is 0 Å². The Hall–Kier alpha value is -3.85. The Morgan fingerprint density at radius 3 is 1.53 bits per heavy atom. The van der Waals surface area contributed by atoms with Crippen LogP contribution < -0.4 is 10.6 Å². The molecule has 47 heavy (non-hydrogen) atoms. The highest BCUT2D eigenvalue weighted by atomic mass is 16.6. The molecule has 1 aliphatic rings. The van der Waals surface area contributed by atoms with Gasteiger partial charge in [0.15, 0.2) is 0 Å². The fraction of sp³-hybridized carbons (Fsp3) is 0.375. The summed E-state index contributed by atoms with van der Waals surface area (Å²) in [5.41, 5.74) is 4.19. The summed E-state index contributed by atoms with van der Waals surface area (Å²) in [6.45, 7) is 4.60. The van der Waals surface area contributed by atoms with Crippen LogP contribution in [0.15, 0.2) is 121 Å². The van der Waals surface area contributed by atoms with Gasteiger partial charge in [0.1, 0.15) is 24.4 Å². The van der Waals surface area contributed by atoms with Crippen LogP contribution in [-0.4, -0.2) is 49.5 Å². The van der Waals surface area contributed by atoms with Crippen molar-refractivity contribution in [1.82, 2.24) is 10.6 Å². The molecule has 1 saturated heterocycles. The SMILES string of the molecule is CCCCCNC(=O)[C@@H]1N[C@@H](COCc2ccccc2)[C@@H](OCc2ccccc2)[C@H](OCc2ccccc2)[C@H]1OCc1ccccc1. The molecule has 0 saturated carbocycles. The third-order valence-electron chi connectivity index (χ3n) is 8.39. The van der Waals surface area contributed by atoms with Gasteiger partial charge < -0.3 is 24.3 Å². The van der Waals surface area contributed by atoms with Crippen LogP contribution in [0.2, 0.25) is 0 Å². The number of benzene rings is 4. The smallest absolute Gasteiger partial charge is 0.239 e. The molecule has 5 atom stereocenters. The van der Waals surface area contributed by atoms with Gasteiger partial charge in [-0.15, -0.1) is 0 Å². The topological polar surface area (TPSA) is 78.1 Å². The standard InChI is InChI=1S/C40H48N2O5/c1-2-3-16-25-41-40(43)36-38(46-28-33-21-12-6-13-22-33)39(47-29-34-23-14-7-15-24-34)37(45-27-32-19-10-5-11-20-32)35(42-36)30-44-26-31-17-8-4-9-18-31/h4-15,17-24,35-39,42H,2-3,16,25-30H2,1H3,(H,41,43)/t35-,36+,37+,38-,39-/m0/s1. The molecule has 5 rings (SSSR count). The fourth-order valence-electron chi connectivity index (χ4n) is 5.86. The molecule has 7 nitrogen and oxygen atoms in total. The molecule has 0 aliphatic carbocycles. The molecule has 0 radical (unpaired) electrons. The van der Waals surface area contributed by atoms with Gasteiger partial charge in [0.05, 0.1) is 39.1 Å². The van der Waals surface area contributed by atoms with E-state index in [0.717, 1.165) is 41.5 Å². The Labute approximate surface area is 279 Å². The summed E-state index contributed by atoms with van der Waals surface area (Å²) in [6.07, 6.45) is 1.39. The average molecular weight is 637 g/mol. The van der Waals surface area contributed by atoms with E-state index in [-0.39, 0.29) is 11.9 Å². The highest BCUT2D eigenvalue weighted by Gasteiger charge is 2.49. The lowest BCUT2D eigenvalue weighted by Crippen LogP contribution is -2.71. The van der Waals surface area contributed by atoms with E-state index >= 15 is 0 Å². The van der Waals surface area contributed by atoms with Crippen molar-refractivity contribution in [3.63, 3.8) is 0 Å². The zero-order chi connectivity index (χ0) is 32.5. The van der Waals surface area contributed by atoms with Gasteiger partial charge in [-0.3, -0.25) is 10.1 Å². The van der Waals surface area contributed by atoms with Crippen molar-refractivity contribution < 1.29 is 23.7 Å². The maximum absolute atomic E-state index is 13.9. The third kappa shape index (κ3) is 10.8. The number of rotatable bonds is 18. The minimum Gasteiger partial charge on any atom is -0.375 e. The van der Waals surface area contributed by atoms with Crippen molar-refractivity contribution in [2.75, 3.05) is 13.2 Å². The summed E-state index contributed by atoms with van der Waals surface area (Å²) >= 11 is 0. The second-order valence-corrected chi connectivity index (χ2v) is 12.0. The van der Waals surface area contributed by atoms with Crippen LogP contribution in [-0.2, 0) is 50.2 Å². The van der Waals surface area contributed by atoms with Gasteiger partial charge in [-0.2, -0.15) is 0 Å². The first kappa shape index (κ1) is 34.5. The monoisotopic (exact) mass is 636 g/mol. The number of ether oxygens (including phenoxy) is 4. The fourth-order valence-corrected chi connectivity index (χ4v) is 5.86. The molecule has 0 unspecified atom stereocenters. The van der Waals surface area contributed by atoms with E-state index in [1.165, 1.54) is 0 Å². The lowest BCUT2D eigenvalue weighted by molar-refractivity contribution is -0.196. The molecule has 1 heterocycles. The molecule has 0 bridgehead atoms. The summed E-state index contributed by atoms with van der Waals surface area (Å²) in [5.74, 6) is -0.109. The first-order valence-electron chi connectivity index (χ1n) is 16.8. The molecular weight excluding hydrogens is 588 g/mol. The number of piperidine rings is 1. The third-order valence-corrected chi connectivity index (χ3v) is 8.39. The molecule has 2 N–H and O–H groups in total. The maximum Gasteiger partial charge on any atom is 0.239 e. The van der Waals surface area contributed by atoms with E-state index in [0.29, 0.717) is 39.6 Å². The molecule has 1 aliphatic heterocycles. The molecule has 7 heteroatoms. The summed E-state index contributed by atoms with van der Waals surface area (Å²) in [6, 6.07) is 39.3. The predicted octanol–water partition coefficient (Wildman–Crippen LogP) is 6.61. The number of nitrogens with one attached hydrogen (secondary N) is 2. The Bertz CT molecular complexity index is 1420. The quantitative estimate of drug-likeness (QED) is 0.120. The van der Waals surface area contributed by atoms with Gasteiger partial charge in [-0.1, -0.05) is 141 Å². The van der Waals surface area contributed by atoms with Crippen LogP contribution in [0.5, 0.6) is 0 Å². The Kier molecular flexibility index (Phi) is 14.0. The number of amides is 1. The van der Waals surface area contributed by atoms with Crippen molar-refractivity contribution >= 4 is 5.91 Å². The largest absolute Gasteiger partial charge is 0.375 e. The van der Waals surface area contributed by atoms with Crippen LogP contribution >= 0.6 is 0 Å². The summed E-state index contributed by atoms with van der Waals surface area (Å²) in [7, 11) is 0. The number of hydrogen-bond acceptors (Lipinski definition) is 6. The first-order chi connectivity index (χ1) is 23.2. The summed E-state index contributed by atoms with van der Waals surface area (Å²) in [5, 5.41) is 6.78. The molecule has 0 spiro atoms. The highest BCUT2D eigenvalue weighted by Crippen LogP contribution is 2.28. The van der Waals surface area contributed by atoms with Crippen molar-refractivity contribution in [2.45, 2.75) is 83.0 Å². The summed E-state index contributed by atoms with van der Waals surface area (Å²) < 4.78 is 26.4. The summed E-state index contributed by atoms with van der Waals surface area (Å²) in [4.78, 5) is 13.9. The van der Waals surface area contributed by atoms with Crippen molar-refractivity contribution in [1.29, 1.82) is 0 Å². The normalized spacial score (nSPS) is 20.9. The van der Waals surface area contributed by atoms with Gasteiger partial charge in [0.2, 0.25) is 5.91 Å². The van der Waals surface area contributed by atoms with Gasteiger partial charge in [-0.05, 0) is 28.7 Å². The van der Waals surface area contributed by atoms with Gasteiger partial charge in [-0.25, -0.2) is 0 Å². The highest BCUT2D eigenvalue weighted by molar-refractivity contribution is 5.82. The molecule has 4 aromatic rings. The molecule has 248 valence electrons. The van der Waals surface area contributed by atoms with E-state index in [9.17, 15) is 4.79 Å². The van der Waals surface area contributed by atoms with Crippen LogP contribution in [0.1, 0.15) is 48.4 Å². The van der Waals surface area contributed by atoms with E-state index in [1.54, 1.807) is 0 Å². The molecular formula is C40H48N2O5. The minimum absolute atomic E-state index is 0.109. The van der Waals surface area contributed by atoms with Crippen LogP contribution in [0.3, 0.4) is 0 Å². The number of unbranched alkanes of at least 4 members (excludes halogenated alkanes) is 2. The van der Waals surface area contributed by atoms with Crippen LogP contribution in [0, 0.1) is 0 Å². The number of hydrogen-bond donors (Lipinski definition) is 2. The Balaban J connectivity index is 1.44. The Morgan fingerprint density at radius 1 is 0.596 bits per heavy atom. The maximum atomic E-state index is 13.9. The molecule has 4 aromatic carbocycles. The van der Waals surface area contributed by atoms with Crippen molar-refractivity contribution in [3.8, 4) is 0 Å². The zero-order valence-electron chi connectivity index (χ0n) is 27.3. The zero-order valence-corrected chi connectivity index (χ0v) is 27.3. The van der Waals surface area contributed by atoms with Gasteiger partial charge in [0.25, 0.3) is 0 Å². The lowest BCUT2D eigenvalue weighted by Gasteiger charge is -2.46. The predicted molar refractivity (Wildman–Crippen MR) is 184 cm³/mol. The second-order valence-electron chi connectivity index (χ2n) is 12.0. The van der Waals surface area contributed by atoms with E-state index in [2.05, 4.69) is 17.6 Å². The Morgan fingerprint density at radius 2 is 1.04 bits per heavy atom. The minimum atomic E-state index is -0.678. The number of carbonyl (C=O) groups is 1. The second kappa shape index (κ2) is 19.1. The first-order valence-corrected chi connectivity index (χ1v) is 16.8. The van der Waals surface area contributed by atoms with Gasteiger partial charge in [0, 0.05) is 6.54 Å². The molecule has 0 aromatic heterocycles. The van der Waals surface area contributed by atoms with E-state index in [4.69, 9.17) is 18.9 Å². The van der Waals surface area contributed by atoms with Crippen molar-refractivity contribution in [3.05, 3.63) is 144 Å². The van der Waals surface area contributed by atoms with Crippen molar-refractivity contribution in [2.24, 2.45) is 0 Å². The van der Waals surface area contributed by atoms with E-state index < -0.39 is 24.4 Å². The van der Waals surface area contributed by atoms with Crippen LogP contribution in [0.25, 0.3) is 0 Å². The molecule has 1 fully saturated rings. The van der Waals surface area contributed by atoms with E-state index in [1.807, 2.05) is 121 Å². The number of carbonyl (C=O) groups excluding carboxylic acids is 1.